The fourth-order valence-corrected chi connectivity index (χ4v) is 2.94. The maximum atomic E-state index is 10.1. The largest absolute Gasteiger partial charge is 0.486 e. The van der Waals surface area contributed by atoms with Crippen molar-refractivity contribution in [3.8, 4) is 11.5 Å². The van der Waals surface area contributed by atoms with E-state index in [1.54, 1.807) is 0 Å². The molecule has 4 nitrogen and oxygen atoms in total. The summed E-state index contributed by atoms with van der Waals surface area (Å²) in [4.78, 5) is 2.38. The van der Waals surface area contributed by atoms with Gasteiger partial charge < -0.3 is 14.6 Å². The highest BCUT2D eigenvalue weighted by molar-refractivity contribution is 5.40. The van der Waals surface area contributed by atoms with Crippen LogP contribution in [0.3, 0.4) is 0 Å². The Bertz CT molecular complexity index is 461. The molecule has 1 aromatic rings. The van der Waals surface area contributed by atoms with Crippen molar-refractivity contribution in [1.82, 2.24) is 4.90 Å². The van der Waals surface area contributed by atoms with E-state index in [0.29, 0.717) is 6.61 Å². The third-order valence-corrected chi connectivity index (χ3v) is 4.19. The van der Waals surface area contributed by atoms with Crippen LogP contribution in [0.15, 0.2) is 24.3 Å². The molecule has 0 spiro atoms. The lowest BCUT2D eigenvalue weighted by Gasteiger charge is -2.31. The Morgan fingerprint density at radius 3 is 2.90 bits per heavy atom. The van der Waals surface area contributed by atoms with Crippen molar-refractivity contribution < 1.29 is 14.6 Å². The lowest BCUT2D eigenvalue weighted by atomic mass is 9.98. The van der Waals surface area contributed by atoms with E-state index in [9.17, 15) is 5.11 Å². The fraction of sp³-hybridized carbons (Fsp3) is 0.625. The number of para-hydroxylation sites is 2. The number of benzene rings is 1. The van der Waals surface area contributed by atoms with Gasteiger partial charge in [0.25, 0.3) is 0 Å². The van der Waals surface area contributed by atoms with Gasteiger partial charge in [0.2, 0.25) is 0 Å². The molecule has 0 aliphatic carbocycles. The average Bonchev–Trinajstić information content (AvgIpc) is 2.60. The molecule has 1 N–H and O–H groups in total. The van der Waals surface area contributed by atoms with Gasteiger partial charge in [0.1, 0.15) is 12.7 Å². The van der Waals surface area contributed by atoms with Gasteiger partial charge in [-0.05, 0) is 44.9 Å². The second kappa shape index (κ2) is 5.62. The standard InChI is InChI=1S/C16H23NO3/c1-16(18)7-4-9-17(10-8-16)11-13-12-19-14-5-2-3-6-15(14)20-13/h2-3,5-6,13,18H,4,7-12H2,1H3. The van der Waals surface area contributed by atoms with E-state index >= 15 is 0 Å². The molecule has 0 amide bonds. The minimum absolute atomic E-state index is 0.0768. The molecule has 0 bridgehead atoms. The number of nitrogens with zero attached hydrogens (tertiary/aromatic N) is 1. The molecular weight excluding hydrogens is 254 g/mol. The Labute approximate surface area is 120 Å². The molecule has 110 valence electrons. The third kappa shape index (κ3) is 3.25. The number of likely N-dealkylation sites (tertiary alicyclic amines) is 1. The summed E-state index contributed by atoms with van der Waals surface area (Å²) in [7, 11) is 0. The number of fused-ring (bicyclic) bond motifs is 1. The summed E-state index contributed by atoms with van der Waals surface area (Å²) in [5.74, 6) is 1.67. The third-order valence-electron chi connectivity index (χ3n) is 4.19. The second-order valence-corrected chi connectivity index (χ2v) is 6.15. The van der Waals surface area contributed by atoms with Gasteiger partial charge in [-0.25, -0.2) is 0 Å². The Balaban J connectivity index is 1.57. The van der Waals surface area contributed by atoms with Crippen molar-refractivity contribution in [2.75, 3.05) is 26.2 Å². The molecule has 3 rings (SSSR count). The Morgan fingerprint density at radius 1 is 1.25 bits per heavy atom. The highest BCUT2D eigenvalue weighted by Crippen LogP contribution is 2.31. The van der Waals surface area contributed by atoms with Gasteiger partial charge in [-0.1, -0.05) is 12.1 Å². The van der Waals surface area contributed by atoms with Crippen molar-refractivity contribution >= 4 is 0 Å². The van der Waals surface area contributed by atoms with Gasteiger partial charge in [0, 0.05) is 13.1 Å². The second-order valence-electron chi connectivity index (χ2n) is 6.15. The topological polar surface area (TPSA) is 41.9 Å². The molecule has 1 fully saturated rings. The minimum atomic E-state index is -0.509. The predicted octanol–water partition coefficient (Wildman–Crippen LogP) is 2.06. The summed E-state index contributed by atoms with van der Waals surface area (Å²) in [6.45, 7) is 5.35. The van der Waals surface area contributed by atoms with Crippen LogP contribution in [0.25, 0.3) is 0 Å². The van der Waals surface area contributed by atoms with Gasteiger partial charge in [-0.15, -0.1) is 0 Å². The molecule has 2 unspecified atom stereocenters. The quantitative estimate of drug-likeness (QED) is 0.898. The van der Waals surface area contributed by atoms with Crippen LogP contribution in [-0.4, -0.2) is 48.0 Å². The molecule has 20 heavy (non-hydrogen) atoms. The van der Waals surface area contributed by atoms with E-state index in [1.807, 2.05) is 31.2 Å². The predicted molar refractivity (Wildman–Crippen MR) is 77.3 cm³/mol. The van der Waals surface area contributed by atoms with Crippen LogP contribution >= 0.6 is 0 Å². The Hall–Kier alpha value is -1.26. The smallest absolute Gasteiger partial charge is 0.161 e. The summed E-state index contributed by atoms with van der Waals surface area (Å²) < 4.78 is 11.7. The van der Waals surface area contributed by atoms with Crippen LogP contribution in [0.1, 0.15) is 26.2 Å². The van der Waals surface area contributed by atoms with E-state index in [-0.39, 0.29) is 6.10 Å². The van der Waals surface area contributed by atoms with Gasteiger partial charge in [0.05, 0.1) is 5.60 Å². The first kappa shape index (κ1) is 13.7. The van der Waals surface area contributed by atoms with Crippen molar-refractivity contribution in [3.05, 3.63) is 24.3 Å². The summed E-state index contributed by atoms with van der Waals surface area (Å²) in [5.41, 5.74) is -0.509. The van der Waals surface area contributed by atoms with E-state index in [2.05, 4.69) is 4.90 Å². The molecule has 2 aliphatic heterocycles. The number of ether oxygens (including phenoxy) is 2. The average molecular weight is 277 g/mol. The van der Waals surface area contributed by atoms with Crippen molar-refractivity contribution in [3.63, 3.8) is 0 Å². The van der Waals surface area contributed by atoms with Crippen molar-refractivity contribution in [2.45, 2.75) is 37.9 Å². The van der Waals surface area contributed by atoms with Gasteiger partial charge in [0.15, 0.2) is 11.5 Å². The zero-order valence-corrected chi connectivity index (χ0v) is 12.0. The molecule has 1 saturated heterocycles. The van der Waals surface area contributed by atoms with Gasteiger partial charge >= 0.3 is 0 Å². The van der Waals surface area contributed by atoms with Crippen LogP contribution in [0.2, 0.25) is 0 Å². The molecule has 2 aliphatic rings. The Kier molecular flexibility index (Phi) is 3.85. The number of hydrogen-bond acceptors (Lipinski definition) is 4. The highest BCUT2D eigenvalue weighted by Gasteiger charge is 2.28. The van der Waals surface area contributed by atoms with Crippen LogP contribution < -0.4 is 9.47 Å². The van der Waals surface area contributed by atoms with Crippen LogP contribution in [0, 0.1) is 0 Å². The minimum Gasteiger partial charge on any atom is -0.486 e. The van der Waals surface area contributed by atoms with E-state index < -0.39 is 5.60 Å². The molecule has 0 radical (unpaired) electrons. The first-order chi connectivity index (χ1) is 9.62. The van der Waals surface area contributed by atoms with Crippen LogP contribution in [-0.2, 0) is 0 Å². The SMILES string of the molecule is CC1(O)CCCN(CC2COc3ccccc3O2)CC1. The van der Waals surface area contributed by atoms with Crippen molar-refractivity contribution in [2.24, 2.45) is 0 Å². The monoisotopic (exact) mass is 277 g/mol. The van der Waals surface area contributed by atoms with E-state index in [1.165, 1.54) is 0 Å². The molecule has 4 heteroatoms. The van der Waals surface area contributed by atoms with E-state index in [0.717, 1.165) is 50.4 Å². The lowest BCUT2D eigenvalue weighted by Crippen LogP contribution is -2.41. The van der Waals surface area contributed by atoms with Crippen molar-refractivity contribution in [1.29, 1.82) is 0 Å². The highest BCUT2D eigenvalue weighted by atomic mass is 16.6. The number of rotatable bonds is 2. The lowest BCUT2D eigenvalue weighted by molar-refractivity contribution is 0.0374. The van der Waals surface area contributed by atoms with Gasteiger partial charge in [-0.3, -0.25) is 4.90 Å². The Morgan fingerprint density at radius 2 is 2.05 bits per heavy atom. The first-order valence-electron chi connectivity index (χ1n) is 7.46. The summed E-state index contributed by atoms with van der Waals surface area (Å²) >= 11 is 0. The maximum Gasteiger partial charge on any atom is 0.161 e. The van der Waals surface area contributed by atoms with Crippen LogP contribution in [0.5, 0.6) is 11.5 Å². The molecule has 2 atom stereocenters. The van der Waals surface area contributed by atoms with E-state index in [4.69, 9.17) is 9.47 Å². The first-order valence-corrected chi connectivity index (χ1v) is 7.46. The number of hydrogen-bond donors (Lipinski definition) is 1. The van der Waals surface area contributed by atoms with Gasteiger partial charge in [-0.2, -0.15) is 0 Å². The molecule has 0 aromatic heterocycles. The zero-order valence-electron chi connectivity index (χ0n) is 12.0. The fourth-order valence-electron chi connectivity index (χ4n) is 2.94. The summed E-state index contributed by atoms with van der Waals surface area (Å²) in [5, 5.41) is 10.1. The summed E-state index contributed by atoms with van der Waals surface area (Å²) in [6, 6.07) is 7.82. The van der Waals surface area contributed by atoms with Crippen LogP contribution in [0.4, 0.5) is 0 Å². The molecular formula is C16H23NO3. The molecule has 1 aromatic carbocycles. The summed E-state index contributed by atoms with van der Waals surface area (Å²) in [6.07, 6.45) is 2.83. The molecule has 2 heterocycles. The molecule has 0 saturated carbocycles. The maximum absolute atomic E-state index is 10.1. The normalized spacial score (nSPS) is 30.8. The zero-order chi connectivity index (χ0) is 14.0. The number of aliphatic hydroxyl groups is 1.